The number of fused-ring (bicyclic) bond motifs is 1. The first-order valence-corrected chi connectivity index (χ1v) is 7.40. The van der Waals surface area contributed by atoms with Gasteiger partial charge in [-0.2, -0.15) is 5.10 Å². The molecule has 5 heteroatoms. The highest BCUT2D eigenvalue weighted by molar-refractivity contribution is 5.91. The Bertz CT molecular complexity index is 619. The molecule has 2 N–H and O–H groups in total. The summed E-state index contributed by atoms with van der Waals surface area (Å²) < 4.78 is 0. The Morgan fingerprint density at radius 2 is 2.00 bits per heavy atom. The van der Waals surface area contributed by atoms with Gasteiger partial charge in [-0.05, 0) is 24.0 Å². The van der Waals surface area contributed by atoms with Crippen molar-refractivity contribution in [3.8, 4) is 0 Å². The summed E-state index contributed by atoms with van der Waals surface area (Å²) in [6.07, 6.45) is 3.61. The van der Waals surface area contributed by atoms with Crippen molar-refractivity contribution < 1.29 is 4.79 Å². The van der Waals surface area contributed by atoms with Gasteiger partial charge in [0.05, 0.1) is 25.0 Å². The molecule has 0 saturated heterocycles. The molecule has 0 fully saturated rings. The minimum Gasteiger partial charge on any atom is -0.314 e. The quantitative estimate of drug-likeness (QED) is 0.910. The normalized spacial score (nSPS) is 13.3. The lowest BCUT2D eigenvalue weighted by Crippen LogP contribution is -2.31. The molecular formula is C16H20N4O. The number of para-hydroxylation sites is 1. The van der Waals surface area contributed by atoms with Crippen molar-refractivity contribution in [1.82, 2.24) is 15.1 Å². The zero-order valence-corrected chi connectivity index (χ0v) is 12.4. The molecule has 0 radical (unpaired) electrons. The third-order valence-corrected chi connectivity index (χ3v) is 4.04. The molecule has 0 aliphatic carbocycles. The molecule has 1 aliphatic heterocycles. The lowest BCUT2D eigenvalue weighted by Gasteiger charge is -2.20. The number of rotatable bonds is 3. The minimum absolute atomic E-state index is 0.0461. The number of H-pyrrole nitrogens is 1. The van der Waals surface area contributed by atoms with Gasteiger partial charge in [0.2, 0.25) is 0 Å². The highest BCUT2D eigenvalue weighted by Gasteiger charge is 2.25. The van der Waals surface area contributed by atoms with Gasteiger partial charge in [-0.25, -0.2) is 4.79 Å². The van der Waals surface area contributed by atoms with E-state index in [2.05, 4.69) is 47.6 Å². The van der Waals surface area contributed by atoms with Gasteiger partial charge >= 0.3 is 6.03 Å². The summed E-state index contributed by atoms with van der Waals surface area (Å²) in [7, 11) is 0. The van der Waals surface area contributed by atoms with E-state index in [4.69, 9.17) is 0 Å². The number of nitrogens with one attached hydrogen (secondary N) is 2. The number of aromatic nitrogens is 2. The third kappa shape index (κ3) is 2.51. The smallest absolute Gasteiger partial charge is 0.314 e. The Morgan fingerprint density at radius 3 is 2.62 bits per heavy atom. The molecule has 0 saturated carbocycles. The van der Waals surface area contributed by atoms with Crippen molar-refractivity contribution >= 4 is 11.7 Å². The number of carbonyl (C=O) groups is 1. The maximum atomic E-state index is 12.5. The predicted octanol–water partition coefficient (Wildman–Crippen LogP) is 3.08. The zero-order chi connectivity index (χ0) is 14.8. The number of benzene rings is 1. The average Bonchev–Trinajstić information content (AvgIpc) is 3.08. The van der Waals surface area contributed by atoms with Crippen LogP contribution in [0.5, 0.6) is 0 Å². The lowest BCUT2D eigenvalue weighted by molar-refractivity contribution is 0.212. The van der Waals surface area contributed by atoms with Crippen LogP contribution in [-0.4, -0.2) is 21.1 Å². The fourth-order valence-corrected chi connectivity index (χ4v) is 2.80. The predicted molar refractivity (Wildman–Crippen MR) is 82.1 cm³/mol. The van der Waals surface area contributed by atoms with Gasteiger partial charge in [0.15, 0.2) is 0 Å². The molecule has 0 unspecified atom stereocenters. The van der Waals surface area contributed by atoms with Crippen molar-refractivity contribution in [3.05, 3.63) is 46.8 Å². The number of anilines is 1. The molecule has 3 rings (SSSR count). The number of aromatic amines is 1. The molecule has 1 aromatic heterocycles. The summed E-state index contributed by atoms with van der Waals surface area (Å²) >= 11 is 0. The lowest BCUT2D eigenvalue weighted by atomic mass is 10.0. The molecule has 110 valence electrons. The first-order valence-electron chi connectivity index (χ1n) is 7.40. The van der Waals surface area contributed by atoms with Crippen LogP contribution in [0, 0.1) is 0 Å². The van der Waals surface area contributed by atoms with Crippen LogP contribution in [0.4, 0.5) is 10.5 Å². The number of aryl methyl sites for hydroxylation is 2. The summed E-state index contributed by atoms with van der Waals surface area (Å²) in [6, 6.07) is 6.16. The van der Waals surface area contributed by atoms with E-state index >= 15 is 0 Å². The van der Waals surface area contributed by atoms with Crippen LogP contribution >= 0.6 is 0 Å². The summed E-state index contributed by atoms with van der Waals surface area (Å²) in [5.74, 6) is 0. The third-order valence-electron chi connectivity index (χ3n) is 4.04. The second kappa shape index (κ2) is 5.60. The van der Waals surface area contributed by atoms with Gasteiger partial charge in [-0.15, -0.1) is 0 Å². The second-order valence-corrected chi connectivity index (χ2v) is 5.32. The van der Waals surface area contributed by atoms with Crippen LogP contribution < -0.4 is 5.32 Å². The number of hydrogen-bond acceptors (Lipinski definition) is 2. The van der Waals surface area contributed by atoms with Crippen molar-refractivity contribution in [1.29, 1.82) is 0 Å². The Kier molecular flexibility index (Phi) is 3.64. The largest absolute Gasteiger partial charge is 0.322 e. The molecule has 0 bridgehead atoms. The minimum atomic E-state index is -0.0461. The number of urea groups is 1. The highest BCUT2D eigenvalue weighted by atomic mass is 16.2. The van der Waals surface area contributed by atoms with E-state index in [0.717, 1.165) is 29.8 Å². The first kappa shape index (κ1) is 13.7. The van der Waals surface area contributed by atoms with E-state index in [1.165, 1.54) is 11.1 Å². The fraction of sp³-hybridized carbons (Fsp3) is 0.375. The zero-order valence-electron chi connectivity index (χ0n) is 12.4. The molecule has 1 aromatic carbocycles. The number of nitrogens with zero attached hydrogens (tertiary/aromatic N) is 2. The molecule has 0 atom stereocenters. The first-order chi connectivity index (χ1) is 10.2. The van der Waals surface area contributed by atoms with E-state index in [1.807, 2.05) is 0 Å². The van der Waals surface area contributed by atoms with E-state index in [-0.39, 0.29) is 6.03 Å². The Balaban J connectivity index is 1.78. The van der Waals surface area contributed by atoms with Gasteiger partial charge < -0.3 is 10.2 Å². The van der Waals surface area contributed by atoms with Crippen LogP contribution in [0.3, 0.4) is 0 Å². The van der Waals surface area contributed by atoms with E-state index < -0.39 is 0 Å². The number of carbonyl (C=O) groups excluding carboxylic acids is 1. The molecule has 2 heterocycles. The molecule has 1 aliphatic rings. The fourth-order valence-electron chi connectivity index (χ4n) is 2.80. The molecule has 2 amide bonds. The van der Waals surface area contributed by atoms with Crippen molar-refractivity contribution in [3.63, 3.8) is 0 Å². The van der Waals surface area contributed by atoms with Crippen LogP contribution in [0.2, 0.25) is 0 Å². The van der Waals surface area contributed by atoms with Gasteiger partial charge in [-0.3, -0.25) is 5.10 Å². The van der Waals surface area contributed by atoms with Crippen molar-refractivity contribution in [2.75, 3.05) is 5.32 Å². The standard InChI is InChI=1S/C16H20N4O/c1-3-11-6-5-7-12(4-2)15(11)18-16(21)20-9-13-8-17-19-14(13)10-20/h5-8H,3-4,9-10H2,1-2H3,(H,17,19)(H,18,21). The van der Waals surface area contributed by atoms with Crippen LogP contribution in [0.1, 0.15) is 36.2 Å². The summed E-state index contributed by atoms with van der Waals surface area (Å²) in [4.78, 5) is 14.3. The SMILES string of the molecule is CCc1cccc(CC)c1NC(=O)N1Cc2cn[nH]c2C1. The van der Waals surface area contributed by atoms with E-state index in [9.17, 15) is 4.79 Å². The van der Waals surface area contributed by atoms with Crippen LogP contribution in [-0.2, 0) is 25.9 Å². The van der Waals surface area contributed by atoms with Crippen LogP contribution in [0.15, 0.2) is 24.4 Å². The van der Waals surface area contributed by atoms with Crippen LogP contribution in [0.25, 0.3) is 0 Å². The highest BCUT2D eigenvalue weighted by Crippen LogP contribution is 2.25. The molecular weight excluding hydrogens is 264 g/mol. The number of hydrogen-bond donors (Lipinski definition) is 2. The Morgan fingerprint density at radius 1 is 1.29 bits per heavy atom. The molecule has 5 nitrogen and oxygen atoms in total. The van der Waals surface area contributed by atoms with Gasteiger partial charge in [0.1, 0.15) is 0 Å². The number of amides is 2. The monoisotopic (exact) mass is 284 g/mol. The summed E-state index contributed by atoms with van der Waals surface area (Å²) in [6.45, 7) is 5.43. The Hall–Kier alpha value is -2.30. The van der Waals surface area contributed by atoms with Crippen molar-refractivity contribution in [2.45, 2.75) is 39.8 Å². The topological polar surface area (TPSA) is 61.0 Å². The van der Waals surface area contributed by atoms with Gasteiger partial charge in [-0.1, -0.05) is 32.0 Å². The van der Waals surface area contributed by atoms with Gasteiger partial charge in [0, 0.05) is 11.3 Å². The van der Waals surface area contributed by atoms with Crippen molar-refractivity contribution in [2.24, 2.45) is 0 Å². The maximum Gasteiger partial charge on any atom is 0.322 e. The van der Waals surface area contributed by atoms with Gasteiger partial charge in [0.25, 0.3) is 0 Å². The molecule has 0 spiro atoms. The second-order valence-electron chi connectivity index (χ2n) is 5.32. The maximum absolute atomic E-state index is 12.5. The summed E-state index contributed by atoms with van der Waals surface area (Å²) in [5, 5.41) is 10.0. The van der Waals surface area contributed by atoms with E-state index in [0.29, 0.717) is 13.1 Å². The summed E-state index contributed by atoms with van der Waals surface area (Å²) in [5.41, 5.74) is 5.47. The molecule has 21 heavy (non-hydrogen) atoms. The molecule has 2 aromatic rings. The average molecular weight is 284 g/mol. The Labute approximate surface area is 124 Å². The van der Waals surface area contributed by atoms with E-state index in [1.54, 1.807) is 11.1 Å².